The van der Waals surface area contributed by atoms with Gasteiger partial charge in [-0.25, -0.2) is 0 Å². The van der Waals surface area contributed by atoms with Crippen LogP contribution in [0.1, 0.15) is 79.1 Å². The number of rotatable bonds is 14. The van der Waals surface area contributed by atoms with Crippen LogP contribution in [0.4, 0.5) is 0 Å². The number of unbranched alkanes of at least 4 members (excludes halogenated alkanes) is 2. The first kappa shape index (κ1) is 25.6. The Morgan fingerprint density at radius 3 is 1.78 bits per heavy atom. The summed E-state index contributed by atoms with van der Waals surface area (Å²) in [4.78, 5) is 0. The van der Waals surface area contributed by atoms with E-state index in [1.807, 2.05) is 0 Å². The molecule has 0 rings (SSSR count). The van der Waals surface area contributed by atoms with E-state index < -0.39 is 0 Å². The second-order valence-electron chi connectivity index (χ2n) is 6.36. The van der Waals surface area contributed by atoms with Crippen molar-refractivity contribution in [1.82, 2.24) is 0 Å². The van der Waals surface area contributed by atoms with Crippen LogP contribution in [-0.4, -0.2) is 41.5 Å². The zero-order valence-electron chi connectivity index (χ0n) is 15.9. The molecule has 3 nitrogen and oxygen atoms in total. The van der Waals surface area contributed by atoms with E-state index in [9.17, 15) is 5.11 Å². The minimum absolute atomic E-state index is 0.362. The fraction of sp³-hybridized carbons (Fsp3) is 1.00. The molecule has 0 fully saturated rings. The van der Waals surface area contributed by atoms with Crippen LogP contribution >= 0.6 is 15.9 Å². The second-order valence-corrected chi connectivity index (χ2v) is 7.01. The summed E-state index contributed by atoms with van der Waals surface area (Å²) in [5.74, 6) is 1.22. The lowest BCUT2D eigenvalue weighted by Crippen LogP contribution is -2.19. The summed E-state index contributed by atoms with van der Waals surface area (Å²) in [7, 11) is 0. The predicted octanol–water partition coefficient (Wildman–Crippen LogP) is 5.17. The molecule has 2 N–H and O–H groups in total. The van der Waals surface area contributed by atoms with Gasteiger partial charge < -0.3 is 14.9 Å². The molecule has 0 heterocycles. The molecule has 0 aliphatic carbocycles. The summed E-state index contributed by atoms with van der Waals surface area (Å²) >= 11 is 3.21. The Balaban J connectivity index is 0. The van der Waals surface area contributed by atoms with Gasteiger partial charge in [0.15, 0.2) is 0 Å². The molecule has 0 radical (unpaired) electrons. The van der Waals surface area contributed by atoms with Crippen LogP contribution in [0.5, 0.6) is 0 Å². The van der Waals surface area contributed by atoms with Gasteiger partial charge in [0.25, 0.3) is 0 Å². The quantitative estimate of drug-likeness (QED) is 0.398. The third-order valence-electron chi connectivity index (χ3n) is 4.19. The van der Waals surface area contributed by atoms with E-state index in [0.717, 1.165) is 13.0 Å². The number of alkyl halides is 1. The van der Waals surface area contributed by atoms with Gasteiger partial charge in [0, 0.05) is 18.5 Å². The molecule has 0 aromatic rings. The summed E-state index contributed by atoms with van der Waals surface area (Å²) in [6, 6.07) is 0. The van der Waals surface area contributed by atoms with Crippen molar-refractivity contribution in [3.63, 3.8) is 0 Å². The number of hydrogen-bond acceptors (Lipinski definition) is 3. The lowest BCUT2D eigenvalue weighted by Gasteiger charge is -2.15. The Hall–Kier alpha value is 0.360. The first-order valence-electron chi connectivity index (χ1n) is 9.51. The van der Waals surface area contributed by atoms with Crippen LogP contribution in [0.3, 0.4) is 0 Å². The Morgan fingerprint density at radius 2 is 1.39 bits per heavy atom. The SMILES string of the molecule is CCCCC(CC)CO.CCCCC(CC)COCC(O)CBr. The molecule has 0 aromatic carbocycles. The average Bonchev–Trinajstić information content (AvgIpc) is 2.59. The van der Waals surface area contributed by atoms with Gasteiger partial charge in [-0.3, -0.25) is 0 Å². The summed E-state index contributed by atoms with van der Waals surface area (Å²) in [5, 5.41) is 18.6. The lowest BCUT2D eigenvalue weighted by atomic mass is 10.0. The number of halogens is 1. The molecule has 0 aliphatic rings. The predicted molar refractivity (Wildman–Crippen MR) is 104 cm³/mol. The first-order valence-corrected chi connectivity index (χ1v) is 10.6. The van der Waals surface area contributed by atoms with Gasteiger partial charge in [-0.05, 0) is 24.7 Å². The van der Waals surface area contributed by atoms with Crippen LogP contribution in [0.25, 0.3) is 0 Å². The average molecular weight is 397 g/mol. The number of aliphatic hydroxyl groups excluding tert-OH is 2. The zero-order chi connectivity index (χ0) is 17.9. The van der Waals surface area contributed by atoms with Crippen molar-refractivity contribution in [2.75, 3.05) is 25.2 Å². The van der Waals surface area contributed by atoms with Crippen molar-refractivity contribution in [2.45, 2.75) is 85.2 Å². The second kappa shape index (κ2) is 20.4. The molecule has 0 saturated heterocycles. The highest BCUT2D eigenvalue weighted by Gasteiger charge is 2.07. The van der Waals surface area contributed by atoms with Crippen molar-refractivity contribution < 1.29 is 14.9 Å². The highest BCUT2D eigenvalue weighted by atomic mass is 79.9. The maximum Gasteiger partial charge on any atom is 0.0870 e. The normalized spacial score (nSPS) is 14.7. The van der Waals surface area contributed by atoms with E-state index in [1.165, 1.54) is 44.9 Å². The molecule has 0 amide bonds. The fourth-order valence-corrected chi connectivity index (χ4v) is 2.42. The molecule has 0 spiro atoms. The smallest absolute Gasteiger partial charge is 0.0870 e. The van der Waals surface area contributed by atoms with E-state index in [-0.39, 0.29) is 6.10 Å². The van der Waals surface area contributed by atoms with Crippen LogP contribution in [-0.2, 0) is 4.74 Å². The third-order valence-corrected chi connectivity index (χ3v) is 4.93. The van der Waals surface area contributed by atoms with E-state index in [1.54, 1.807) is 0 Å². The van der Waals surface area contributed by atoms with Gasteiger partial charge in [-0.15, -0.1) is 0 Å². The van der Waals surface area contributed by atoms with E-state index in [4.69, 9.17) is 9.84 Å². The lowest BCUT2D eigenvalue weighted by molar-refractivity contribution is 0.0292. The molecule has 23 heavy (non-hydrogen) atoms. The minimum atomic E-state index is -0.362. The molecule has 4 heteroatoms. The number of ether oxygens (including phenoxy) is 1. The van der Waals surface area contributed by atoms with Gasteiger partial charge in [-0.2, -0.15) is 0 Å². The van der Waals surface area contributed by atoms with Crippen molar-refractivity contribution in [1.29, 1.82) is 0 Å². The van der Waals surface area contributed by atoms with Gasteiger partial charge in [-0.1, -0.05) is 82.1 Å². The molecule has 0 saturated carbocycles. The zero-order valence-corrected chi connectivity index (χ0v) is 17.5. The monoisotopic (exact) mass is 396 g/mol. The van der Waals surface area contributed by atoms with Gasteiger partial charge >= 0.3 is 0 Å². The summed E-state index contributed by atoms with van der Waals surface area (Å²) in [5.41, 5.74) is 0. The van der Waals surface area contributed by atoms with Crippen molar-refractivity contribution in [3.8, 4) is 0 Å². The van der Waals surface area contributed by atoms with E-state index >= 15 is 0 Å². The topological polar surface area (TPSA) is 49.7 Å². The summed E-state index contributed by atoms with van der Waals surface area (Å²) < 4.78 is 5.46. The van der Waals surface area contributed by atoms with Gasteiger partial charge in [0.2, 0.25) is 0 Å². The Labute approximate surface area is 153 Å². The maximum atomic E-state index is 9.25. The van der Waals surface area contributed by atoms with Crippen LogP contribution in [0.2, 0.25) is 0 Å². The van der Waals surface area contributed by atoms with Gasteiger partial charge in [0.1, 0.15) is 0 Å². The Kier molecular flexibility index (Phi) is 22.7. The van der Waals surface area contributed by atoms with Crippen LogP contribution < -0.4 is 0 Å². The third kappa shape index (κ3) is 18.5. The molecule has 3 atom stereocenters. The highest BCUT2D eigenvalue weighted by molar-refractivity contribution is 9.09. The molecule has 3 unspecified atom stereocenters. The molecule has 142 valence electrons. The minimum Gasteiger partial charge on any atom is -0.396 e. The number of hydrogen-bond donors (Lipinski definition) is 2. The summed E-state index contributed by atoms with van der Waals surface area (Å²) in [6.07, 6.45) is 9.42. The van der Waals surface area contributed by atoms with Crippen molar-refractivity contribution in [2.24, 2.45) is 11.8 Å². The van der Waals surface area contributed by atoms with Crippen LogP contribution in [0, 0.1) is 11.8 Å². The van der Waals surface area contributed by atoms with Gasteiger partial charge in [0.05, 0.1) is 12.7 Å². The Bertz CT molecular complexity index is 211. The largest absolute Gasteiger partial charge is 0.396 e. The van der Waals surface area contributed by atoms with E-state index in [0.29, 0.717) is 30.4 Å². The molecule has 0 bridgehead atoms. The number of aliphatic hydroxyl groups is 2. The highest BCUT2D eigenvalue weighted by Crippen LogP contribution is 2.13. The molecular weight excluding hydrogens is 356 g/mol. The maximum absolute atomic E-state index is 9.25. The molecular formula is C19H41BrO3. The van der Waals surface area contributed by atoms with Crippen LogP contribution in [0.15, 0.2) is 0 Å². The van der Waals surface area contributed by atoms with Crippen molar-refractivity contribution >= 4 is 15.9 Å². The standard InChI is InChI=1S/C11H23BrO2.C8H18O/c1-3-5-6-10(4-2)8-14-9-11(13)7-12;1-3-5-6-8(4-2)7-9/h10-11,13H,3-9H2,1-2H3;8-9H,3-7H2,1-2H3. The summed E-state index contributed by atoms with van der Waals surface area (Å²) in [6.45, 7) is 10.3. The van der Waals surface area contributed by atoms with E-state index in [2.05, 4.69) is 43.6 Å². The first-order chi connectivity index (χ1) is 11.1. The van der Waals surface area contributed by atoms with Crippen molar-refractivity contribution in [3.05, 3.63) is 0 Å². The fourth-order valence-electron chi connectivity index (χ4n) is 2.23. The molecule has 0 aromatic heterocycles. The Morgan fingerprint density at radius 1 is 0.870 bits per heavy atom. The molecule has 0 aliphatic heterocycles.